The van der Waals surface area contributed by atoms with Gasteiger partial charge in [0.25, 0.3) is 0 Å². The van der Waals surface area contributed by atoms with E-state index < -0.39 is 12.0 Å². The molecule has 9 heteroatoms. The summed E-state index contributed by atoms with van der Waals surface area (Å²) in [5.74, 6) is 0.246. The third kappa shape index (κ3) is 3.95. The fraction of sp³-hybridized carbons (Fsp3) is 0.278. The zero-order valence-electron chi connectivity index (χ0n) is 14.7. The first-order valence-corrected chi connectivity index (χ1v) is 10.7. The number of benzene rings is 1. The predicted octanol–water partition coefficient (Wildman–Crippen LogP) is 4.63. The van der Waals surface area contributed by atoms with Gasteiger partial charge in [0.05, 0.1) is 17.7 Å². The summed E-state index contributed by atoms with van der Waals surface area (Å²) in [6.07, 6.45) is 5.78. The number of allylic oxidation sites excluding steroid dienone is 1. The second kappa shape index (κ2) is 8.28. The fourth-order valence-electron chi connectivity index (χ4n) is 2.81. The third-order valence-corrected chi connectivity index (χ3v) is 6.16. The zero-order chi connectivity index (χ0) is 19.6. The SMILES string of the molecule is COc1ccc2c(c1)N=C/C2=C\c1sc(=S)n(C(CCSC)C(=O)O)c1O. The van der Waals surface area contributed by atoms with Crippen molar-refractivity contribution >= 4 is 64.8 Å². The van der Waals surface area contributed by atoms with Gasteiger partial charge in [0, 0.05) is 23.4 Å². The quantitative estimate of drug-likeness (QED) is 0.633. The zero-order valence-corrected chi connectivity index (χ0v) is 17.2. The average Bonchev–Trinajstić information content (AvgIpc) is 3.17. The highest BCUT2D eigenvalue weighted by Gasteiger charge is 2.25. The average molecular weight is 423 g/mol. The van der Waals surface area contributed by atoms with Crippen molar-refractivity contribution < 1.29 is 19.7 Å². The van der Waals surface area contributed by atoms with Crippen LogP contribution in [0.15, 0.2) is 23.2 Å². The summed E-state index contributed by atoms with van der Waals surface area (Å²) in [7, 11) is 1.60. The van der Waals surface area contributed by atoms with Crippen molar-refractivity contribution in [3.05, 3.63) is 32.6 Å². The summed E-state index contributed by atoms with van der Waals surface area (Å²) < 4.78 is 6.86. The van der Waals surface area contributed by atoms with Gasteiger partial charge in [-0.3, -0.25) is 9.56 Å². The Morgan fingerprint density at radius 2 is 2.30 bits per heavy atom. The van der Waals surface area contributed by atoms with Crippen molar-refractivity contribution in [2.24, 2.45) is 4.99 Å². The number of aliphatic imine (C=N–C) groups is 1. The minimum atomic E-state index is -1.01. The minimum absolute atomic E-state index is 0.124. The lowest BCUT2D eigenvalue weighted by Crippen LogP contribution is -2.19. The van der Waals surface area contributed by atoms with E-state index in [0.717, 1.165) is 22.6 Å². The van der Waals surface area contributed by atoms with E-state index >= 15 is 0 Å². The number of aromatic hydroxyl groups is 1. The molecule has 2 N–H and O–H groups in total. The number of carboxylic acids is 1. The number of ether oxygens (including phenoxy) is 1. The van der Waals surface area contributed by atoms with E-state index in [9.17, 15) is 15.0 Å². The highest BCUT2D eigenvalue weighted by Crippen LogP contribution is 2.38. The van der Waals surface area contributed by atoms with E-state index in [-0.39, 0.29) is 5.88 Å². The van der Waals surface area contributed by atoms with Crippen molar-refractivity contribution in [1.29, 1.82) is 0 Å². The van der Waals surface area contributed by atoms with Gasteiger partial charge in [0.1, 0.15) is 11.8 Å². The Morgan fingerprint density at radius 3 is 2.96 bits per heavy atom. The Balaban J connectivity index is 1.99. The van der Waals surface area contributed by atoms with Crippen LogP contribution in [-0.4, -0.2) is 46.1 Å². The topological polar surface area (TPSA) is 84.1 Å². The Bertz CT molecular complexity index is 991. The summed E-state index contributed by atoms with van der Waals surface area (Å²) in [5, 5.41) is 20.2. The van der Waals surface area contributed by atoms with Gasteiger partial charge in [-0.15, -0.1) is 11.3 Å². The summed E-state index contributed by atoms with van der Waals surface area (Å²) in [6.45, 7) is 0. The molecule has 0 amide bonds. The van der Waals surface area contributed by atoms with Gasteiger partial charge in [0.2, 0.25) is 5.88 Å². The minimum Gasteiger partial charge on any atom is -0.497 e. The molecule has 0 saturated carbocycles. The maximum atomic E-state index is 11.7. The van der Waals surface area contributed by atoms with Crippen LogP contribution in [-0.2, 0) is 4.79 Å². The van der Waals surface area contributed by atoms with Gasteiger partial charge in [-0.25, -0.2) is 4.79 Å². The smallest absolute Gasteiger partial charge is 0.326 e. The maximum Gasteiger partial charge on any atom is 0.326 e. The highest BCUT2D eigenvalue weighted by atomic mass is 32.2. The number of carboxylic acid groups (broad SMARTS) is 1. The lowest BCUT2D eigenvalue weighted by molar-refractivity contribution is -0.141. The van der Waals surface area contributed by atoms with Crippen molar-refractivity contribution in [1.82, 2.24) is 4.57 Å². The van der Waals surface area contributed by atoms with Crippen LogP contribution in [0.4, 0.5) is 5.69 Å². The van der Waals surface area contributed by atoms with E-state index in [0.29, 0.717) is 21.0 Å². The Labute approximate surface area is 169 Å². The standard InChI is InChI=1S/C18H18N2O4S3/c1-24-11-3-4-12-10(9-19-13(12)8-11)7-15-16(21)20(18(25)27-15)14(17(22)23)5-6-26-2/h3-4,7-9,14,21H,5-6H2,1-2H3,(H,22,23)/b10-7+. The summed E-state index contributed by atoms with van der Waals surface area (Å²) in [4.78, 5) is 16.5. The van der Waals surface area contributed by atoms with Crippen LogP contribution in [0.2, 0.25) is 0 Å². The van der Waals surface area contributed by atoms with Gasteiger partial charge in [-0.2, -0.15) is 11.8 Å². The van der Waals surface area contributed by atoms with Gasteiger partial charge in [0.15, 0.2) is 3.95 Å². The van der Waals surface area contributed by atoms with E-state index in [1.165, 1.54) is 15.9 Å². The number of aromatic nitrogens is 1. The monoisotopic (exact) mass is 422 g/mol. The molecule has 142 valence electrons. The molecule has 6 nitrogen and oxygen atoms in total. The lowest BCUT2D eigenvalue weighted by atomic mass is 10.1. The third-order valence-electron chi connectivity index (χ3n) is 4.18. The number of thioether (sulfide) groups is 1. The number of carbonyl (C=O) groups is 1. The Hall–Kier alpha value is -2.10. The van der Waals surface area contributed by atoms with Crippen LogP contribution in [0.5, 0.6) is 11.6 Å². The van der Waals surface area contributed by atoms with E-state index in [1.54, 1.807) is 31.2 Å². The first kappa shape index (κ1) is 19.7. The fourth-order valence-corrected chi connectivity index (χ4v) is 4.63. The molecule has 0 aliphatic carbocycles. The number of hydrogen-bond donors (Lipinski definition) is 2. The molecule has 2 heterocycles. The van der Waals surface area contributed by atoms with E-state index in [2.05, 4.69) is 4.99 Å². The lowest BCUT2D eigenvalue weighted by Gasteiger charge is -2.14. The molecule has 3 rings (SSSR count). The number of fused-ring (bicyclic) bond motifs is 1. The molecule has 0 saturated heterocycles. The second-order valence-electron chi connectivity index (χ2n) is 5.80. The summed E-state index contributed by atoms with van der Waals surface area (Å²) in [5.41, 5.74) is 2.52. The molecule has 2 aromatic rings. The molecule has 0 bridgehead atoms. The summed E-state index contributed by atoms with van der Waals surface area (Å²) in [6, 6.07) is 4.69. The molecule has 1 aromatic heterocycles. The molecule has 1 aromatic carbocycles. The van der Waals surface area contributed by atoms with Gasteiger partial charge >= 0.3 is 5.97 Å². The number of methoxy groups -OCH3 is 1. The second-order valence-corrected chi connectivity index (χ2v) is 8.46. The number of thiazole rings is 1. The Morgan fingerprint density at radius 1 is 1.52 bits per heavy atom. The number of nitrogens with zero attached hydrogens (tertiary/aromatic N) is 2. The first-order valence-electron chi connectivity index (χ1n) is 8.06. The van der Waals surface area contributed by atoms with Crippen LogP contribution < -0.4 is 4.74 Å². The molecule has 0 fully saturated rings. The predicted molar refractivity (Wildman–Crippen MR) is 113 cm³/mol. The molecular weight excluding hydrogens is 404 g/mol. The molecule has 1 aliphatic heterocycles. The van der Waals surface area contributed by atoms with Crippen molar-refractivity contribution in [2.75, 3.05) is 19.1 Å². The van der Waals surface area contributed by atoms with Crippen LogP contribution in [0.1, 0.15) is 22.9 Å². The van der Waals surface area contributed by atoms with Gasteiger partial charge < -0.3 is 14.9 Å². The molecule has 1 aliphatic rings. The van der Waals surface area contributed by atoms with Crippen LogP contribution in [0, 0.1) is 3.95 Å². The number of aliphatic carboxylic acids is 1. The maximum absolute atomic E-state index is 11.7. The number of rotatable bonds is 7. The number of hydrogen-bond acceptors (Lipinski definition) is 7. The molecule has 1 unspecified atom stereocenters. The molecular formula is C18H18N2O4S3. The highest BCUT2D eigenvalue weighted by molar-refractivity contribution is 7.98. The van der Waals surface area contributed by atoms with Crippen LogP contribution in [0.3, 0.4) is 0 Å². The van der Waals surface area contributed by atoms with Crippen molar-refractivity contribution in [2.45, 2.75) is 12.5 Å². The largest absolute Gasteiger partial charge is 0.497 e. The van der Waals surface area contributed by atoms with E-state index in [1.807, 2.05) is 24.5 Å². The van der Waals surface area contributed by atoms with Crippen LogP contribution >= 0.6 is 35.3 Å². The normalized spacial score (nSPS) is 15.1. The molecule has 0 spiro atoms. The van der Waals surface area contributed by atoms with E-state index in [4.69, 9.17) is 17.0 Å². The molecule has 1 atom stereocenters. The summed E-state index contributed by atoms with van der Waals surface area (Å²) >= 11 is 8.07. The molecule has 0 radical (unpaired) electrons. The van der Waals surface area contributed by atoms with Crippen molar-refractivity contribution in [3.63, 3.8) is 0 Å². The van der Waals surface area contributed by atoms with Gasteiger partial charge in [-0.05, 0) is 48.9 Å². The van der Waals surface area contributed by atoms with Gasteiger partial charge in [-0.1, -0.05) is 0 Å². The molecule has 27 heavy (non-hydrogen) atoms. The first-order chi connectivity index (χ1) is 13.0. The van der Waals surface area contributed by atoms with Crippen LogP contribution in [0.25, 0.3) is 11.6 Å². The Kier molecular flexibility index (Phi) is 6.03. The van der Waals surface area contributed by atoms with Crippen molar-refractivity contribution in [3.8, 4) is 11.6 Å².